The van der Waals surface area contributed by atoms with Gasteiger partial charge in [0.1, 0.15) is 0 Å². The van der Waals surface area contributed by atoms with Crippen molar-refractivity contribution >= 4 is 23.9 Å². The summed E-state index contributed by atoms with van der Waals surface area (Å²) in [5.41, 5.74) is 0. The predicted octanol–water partition coefficient (Wildman–Crippen LogP) is -3.33. The van der Waals surface area contributed by atoms with Crippen LogP contribution in [-0.2, 0) is 19.2 Å². The van der Waals surface area contributed by atoms with E-state index in [0.717, 1.165) is 25.7 Å². The first kappa shape index (κ1) is 31.3. The third-order valence-electron chi connectivity index (χ3n) is 2.93. The molecule has 0 aromatic heterocycles. The van der Waals surface area contributed by atoms with Crippen molar-refractivity contribution in [2.45, 2.75) is 63.1 Å². The number of carboxylic acids is 4. The first-order valence-corrected chi connectivity index (χ1v) is 8.16. The van der Waals surface area contributed by atoms with Gasteiger partial charge in [0.15, 0.2) is 24.4 Å². The number of aliphatic hydroxyl groups excluding tert-OH is 6. The highest BCUT2D eigenvalue weighted by Gasteiger charge is 2.30. The molecule has 172 valence electrons. The van der Waals surface area contributed by atoms with E-state index in [2.05, 4.69) is 0 Å². The minimum atomic E-state index is -2.27. The second-order valence-electron chi connectivity index (χ2n) is 5.44. The van der Waals surface area contributed by atoms with Crippen LogP contribution in [0.15, 0.2) is 0 Å². The first-order valence-electron chi connectivity index (χ1n) is 8.16. The quantitative estimate of drug-likeness (QED) is 0.153. The van der Waals surface area contributed by atoms with Crippen molar-refractivity contribution in [2.75, 3.05) is 6.61 Å². The van der Waals surface area contributed by atoms with Gasteiger partial charge in [0.05, 0.1) is 6.10 Å². The van der Waals surface area contributed by atoms with Crippen LogP contribution in [0.2, 0.25) is 0 Å². The second kappa shape index (κ2) is 17.7. The van der Waals surface area contributed by atoms with Gasteiger partial charge in [-0.2, -0.15) is 0 Å². The maximum atomic E-state index is 9.77. The summed E-state index contributed by atoms with van der Waals surface area (Å²) in [6.45, 7) is 2.24. The molecule has 0 rings (SSSR count). The zero-order valence-electron chi connectivity index (χ0n) is 15.5. The van der Waals surface area contributed by atoms with Gasteiger partial charge in [0.25, 0.3) is 0 Å². The van der Waals surface area contributed by atoms with Crippen LogP contribution in [0.1, 0.15) is 32.6 Å². The van der Waals surface area contributed by atoms with Gasteiger partial charge in [-0.3, -0.25) is 0 Å². The average molecular weight is 432 g/mol. The number of aliphatic hydroxyl groups is 6. The Labute approximate surface area is 164 Å². The average Bonchev–Trinajstić information content (AvgIpc) is 2.64. The Morgan fingerprint density at radius 1 is 0.621 bits per heavy atom. The SMILES string of the molecule is CCCC(O)CCCO.O=C(O)C(O)C(O)C(=O)O.O=C(O)C(O)C(O)C(=O)O. The van der Waals surface area contributed by atoms with E-state index in [1.54, 1.807) is 0 Å². The summed E-state index contributed by atoms with van der Waals surface area (Å²) < 4.78 is 0. The molecule has 0 heterocycles. The molecule has 0 aliphatic carbocycles. The molecule has 0 saturated heterocycles. The number of hydrogen-bond donors (Lipinski definition) is 10. The van der Waals surface area contributed by atoms with E-state index in [1.165, 1.54) is 0 Å². The number of aliphatic carboxylic acids is 4. The lowest BCUT2D eigenvalue weighted by Gasteiger charge is -2.07. The largest absolute Gasteiger partial charge is 0.479 e. The van der Waals surface area contributed by atoms with Gasteiger partial charge in [-0.1, -0.05) is 13.3 Å². The molecule has 0 aromatic carbocycles. The normalized spacial score (nSPS) is 15.1. The molecule has 0 bridgehead atoms. The highest BCUT2D eigenvalue weighted by atomic mass is 16.4. The van der Waals surface area contributed by atoms with Gasteiger partial charge < -0.3 is 51.1 Å². The maximum absolute atomic E-state index is 9.77. The Kier molecular flexibility index (Phi) is 19.1. The fourth-order valence-electron chi connectivity index (χ4n) is 1.34. The van der Waals surface area contributed by atoms with Crippen molar-refractivity contribution in [2.24, 2.45) is 0 Å². The van der Waals surface area contributed by atoms with Gasteiger partial charge >= 0.3 is 23.9 Å². The molecule has 0 spiro atoms. The topological polar surface area (TPSA) is 271 Å². The van der Waals surface area contributed by atoms with Crippen LogP contribution in [0.5, 0.6) is 0 Å². The number of rotatable bonds is 11. The van der Waals surface area contributed by atoms with Crippen LogP contribution in [0.4, 0.5) is 0 Å². The van der Waals surface area contributed by atoms with Gasteiger partial charge in [0, 0.05) is 6.61 Å². The molecule has 0 aromatic rings. The van der Waals surface area contributed by atoms with E-state index < -0.39 is 48.3 Å². The molecule has 5 unspecified atom stereocenters. The summed E-state index contributed by atoms with van der Waals surface area (Å²) in [5.74, 6) is -7.07. The summed E-state index contributed by atoms with van der Waals surface area (Å²) in [4.78, 5) is 39.1. The van der Waals surface area contributed by atoms with Crippen molar-refractivity contribution in [3.05, 3.63) is 0 Å². The predicted molar refractivity (Wildman–Crippen MR) is 91.8 cm³/mol. The molecule has 14 nitrogen and oxygen atoms in total. The molecule has 0 radical (unpaired) electrons. The third kappa shape index (κ3) is 17.5. The van der Waals surface area contributed by atoms with Crippen molar-refractivity contribution < 1.29 is 70.2 Å². The lowest BCUT2D eigenvalue weighted by molar-refractivity contribution is -0.165. The van der Waals surface area contributed by atoms with Gasteiger partial charge in [-0.15, -0.1) is 0 Å². The molecule has 29 heavy (non-hydrogen) atoms. The van der Waals surface area contributed by atoms with Crippen LogP contribution in [0.25, 0.3) is 0 Å². The Bertz CT molecular complexity index is 421. The number of carboxylic acid groups (broad SMARTS) is 4. The molecule has 0 amide bonds. The van der Waals surface area contributed by atoms with Gasteiger partial charge in [-0.25, -0.2) is 19.2 Å². The highest BCUT2D eigenvalue weighted by molar-refractivity contribution is 5.83. The van der Waals surface area contributed by atoms with E-state index >= 15 is 0 Å². The van der Waals surface area contributed by atoms with E-state index in [1.807, 2.05) is 6.92 Å². The summed E-state index contributed by atoms with van der Waals surface area (Å²) in [6, 6.07) is 0. The van der Waals surface area contributed by atoms with Crippen LogP contribution < -0.4 is 0 Å². The molecule has 0 saturated carbocycles. The van der Waals surface area contributed by atoms with E-state index in [-0.39, 0.29) is 12.7 Å². The Morgan fingerprint density at radius 2 is 0.897 bits per heavy atom. The molecule has 0 aliphatic rings. The van der Waals surface area contributed by atoms with Crippen LogP contribution >= 0.6 is 0 Å². The molecule has 5 atom stereocenters. The van der Waals surface area contributed by atoms with Crippen molar-refractivity contribution in [3.8, 4) is 0 Å². The van der Waals surface area contributed by atoms with Crippen LogP contribution in [0, 0.1) is 0 Å². The lowest BCUT2D eigenvalue weighted by Crippen LogP contribution is -2.39. The molecular formula is C15H28O14. The van der Waals surface area contributed by atoms with Crippen LogP contribution in [-0.4, -0.2) is 112 Å². The number of carbonyl (C=O) groups is 4. The summed E-state index contributed by atoms with van der Waals surface area (Å²) in [6.07, 6.45) is -5.91. The zero-order chi connectivity index (χ0) is 23.7. The number of hydrogen-bond acceptors (Lipinski definition) is 10. The fraction of sp³-hybridized carbons (Fsp3) is 0.733. The summed E-state index contributed by atoms with van der Waals surface area (Å²) in [5, 5.41) is 82.5. The standard InChI is InChI=1S/C7H16O2.2C4H6O6/c1-2-4-7(9)5-3-6-8;2*5-1(3(7)8)2(6)4(9)10/h7-9H,2-6H2,1H3;2*1-2,5-6H,(H,7,8)(H,9,10). The fourth-order valence-corrected chi connectivity index (χ4v) is 1.34. The molecule has 0 fully saturated rings. The minimum absolute atomic E-state index is 0.192. The molecular weight excluding hydrogens is 404 g/mol. The van der Waals surface area contributed by atoms with Crippen molar-refractivity contribution in [3.63, 3.8) is 0 Å². The molecule has 14 heteroatoms. The second-order valence-corrected chi connectivity index (χ2v) is 5.44. The zero-order valence-corrected chi connectivity index (χ0v) is 15.5. The van der Waals surface area contributed by atoms with Gasteiger partial charge in [0.2, 0.25) is 0 Å². The Balaban J connectivity index is -0.000000350. The maximum Gasteiger partial charge on any atom is 0.335 e. The van der Waals surface area contributed by atoms with Crippen LogP contribution in [0.3, 0.4) is 0 Å². The lowest BCUT2D eigenvalue weighted by atomic mass is 10.1. The van der Waals surface area contributed by atoms with Crippen molar-refractivity contribution in [1.29, 1.82) is 0 Å². The molecule has 10 N–H and O–H groups in total. The smallest absolute Gasteiger partial charge is 0.335 e. The summed E-state index contributed by atoms with van der Waals surface area (Å²) >= 11 is 0. The Hall–Kier alpha value is -2.36. The minimum Gasteiger partial charge on any atom is -0.479 e. The van der Waals surface area contributed by atoms with E-state index in [4.69, 9.17) is 51.1 Å². The van der Waals surface area contributed by atoms with E-state index in [9.17, 15) is 19.2 Å². The van der Waals surface area contributed by atoms with E-state index in [0.29, 0.717) is 0 Å². The first-order chi connectivity index (χ1) is 13.2. The monoisotopic (exact) mass is 432 g/mol. The summed E-state index contributed by atoms with van der Waals surface area (Å²) in [7, 11) is 0. The molecule has 0 aliphatic heterocycles. The Morgan fingerprint density at radius 3 is 1.07 bits per heavy atom. The highest BCUT2D eigenvalue weighted by Crippen LogP contribution is 2.02. The van der Waals surface area contributed by atoms with Gasteiger partial charge in [-0.05, 0) is 19.3 Å². The van der Waals surface area contributed by atoms with Crippen molar-refractivity contribution in [1.82, 2.24) is 0 Å². The third-order valence-corrected chi connectivity index (χ3v) is 2.93.